The first-order chi connectivity index (χ1) is 14.0. The van der Waals surface area contributed by atoms with E-state index in [9.17, 15) is 9.59 Å². The summed E-state index contributed by atoms with van der Waals surface area (Å²) in [5, 5.41) is 5.66. The Balaban J connectivity index is 1.70. The lowest BCUT2D eigenvalue weighted by Gasteiger charge is -2.10. The molecule has 0 saturated heterocycles. The molecule has 0 bridgehead atoms. The van der Waals surface area contributed by atoms with Crippen LogP contribution in [-0.4, -0.2) is 23.4 Å². The maximum atomic E-state index is 12.6. The quantitative estimate of drug-likeness (QED) is 0.646. The highest BCUT2D eigenvalue weighted by Crippen LogP contribution is 2.18. The molecule has 0 atom stereocenters. The average molecular weight is 389 g/mol. The molecule has 148 valence electrons. The minimum absolute atomic E-state index is 0.298. The van der Waals surface area contributed by atoms with Crippen LogP contribution in [-0.2, 0) is 0 Å². The van der Waals surface area contributed by atoms with Gasteiger partial charge >= 0.3 is 0 Å². The summed E-state index contributed by atoms with van der Waals surface area (Å²) in [5.41, 5.74) is 4.05. The number of aryl methyl sites for hydroxylation is 2. The molecule has 1 aromatic heterocycles. The van der Waals surface area contributed by atoms with Gasteiger partial charge in [0.15, 0.2) is 0 Å². The molecule has 2 aromatic carbocycles. The maximum absolute atomic E-state index is 12.6. The van der Waals surface area contributed by atoms with Crippen molar-refractivity contribution < 1.29 is 14.3 Å². The molecular formula is C23H23N3O3. The van der Waals surface area contributed by atoms with Crippen LogP contribution >= 0.6 is 0 Å². The summed E-state index contributed by atoms with van der Waals surface area (Å²) in [5.74, 6) is 0.0697. The minimum Gasteiger partial charge on any atom is -0.494 e. The van der Waals surface area contributed by atoms with Gasteiger partial charge in [0, 0.05) is 23.8 Å². The van der Waals surface area contributed by atoms with Crippen LogP contribution in [0, 0.1) is 13.8 Å². The monoisotopic (exact) mass is 389 g/mol. The first-order valence-corrected chi connectivity index (χ1v) is 9.34. The number of carbonyl (C=O) groups is 2. The smallest absolute Gasteiger partial charge is 0.257 e. The summed E-state index contributed by atoms with van der Waals surface area (Å²) in [6.07, 6.45) is 2.87. The molecule has 2 N–H and O–H groups in total. The number of nitrogens with zero attached hydrogens (tertiary/aromatic N) is 1. The molecule has 0 saturated carbocycles. The van der Waals surface area contributed by atoms with E-state index in [1.54, 1.807) is 24.3 Å². The number of pyridine rings is 1. The molecule has 0 aliphatic heterocycles. The van der Waals surface area contributed by atoms with Gasteiger partial charge < -0.3 is 15.4 Å². The lowest BCUT2D eigenvalue weighted by atomic mass is 10.1. The van der Waals surface area contributed by atoms with Crippen LogP contribution in [0.2, 0.25) is 0 Å². The molecule has 3 aromatic rings. The number of benzene rings is 2. The van der Waals surface area contributed by atoms with E-state index in [1.165, 1.54) is 18.5 Å². The second-order valence-corrected chi connectivity index (χ2v) is 6.65. The number of ether oxygens (including phenoxy) is 1. The molecular weight excluding hydrogens is 366 g/mol. The highest BCUT2D eigenvalue weighted by molar-refractivity contribution is 6.08. The van der Waals surface area contributed by atoms with Crippen LogP contribution in [0.3, 0.4) is 0 Å². The summed E-state index contributed by atoms with van der Waals surface area (Å²) >= 11 is 0. The van der Waals surface area contributed by atoms with Gasteiger partial charge in [-0.1, -0.05) is 17.7 Å². The van der Waals surface area contributed by atoms with E-state index in [2.05, 4.69) is 15.6 Å². The van der Waals surface area contributed by atoms with Crippen LogP contribution in [0.5, 0.6) is 5.75 Å². The third-order valence-corrected chi connectivity index (χ3v) is 4.32. The molecule has 6 heteroatoms. The molecule has 0 spiro atoms. The molecule has 0 aliphatic carbocycles. The first-order valence-electron chi connectivity index (χ1n) is 9.34. The van der Waals surface area contributed by atoms with Gasteiger partial charge in [-0.15, -0.1) is 0 Å². The van der Waals surface area contributed by atoms with Gasteiger partial charge in [-0.05, 0) is 62.7 Å². The molecule has 2 amide bonds. The third kappa shape index (κ3) is 5.19. The number of hydrogen-bond donors (Lipinski definition) is 2. The van der Waals surface area contributed by atoms with Crippen molar-refractivity contribution in [1.29, 1.82) is 0 Å². The van der Waals surface area contributed by atoms with Gasteiger partial charge in [-0.3, -0.25) is 14.6 Å². The Kier molecular flexibility index (Phi) is 6.24. The maximum Gasteiger partial charge on any atom is 0.257 e. The number of anilines is 2. The highest BCUT2D eigenvalue weighted by atomic mass is 16.5. The number of nitrogens with one attached hydrogen (secondary N) is 2. The topological polar surface area (TPSA) is 80.3 Å². The number of amides is 2. The van der Waals surface area contributed by atoms with Crippen LogP contribution in [0.4, 0.5) is 11.4 Å². The predicted octanol–water partition coefficient (Wildman–Crippen LogP) is 4.60. The third-order valence-electron chi connectivity index (χ3n) is 4.32. The van der Waals surface area contributed by atoms with E-state index in [0.29, 0.717) is 23.4 Å². The zero-order chi connectivity index (χ0) is 20.8. The minimum atomic E-state index is -0.345. The van der Waals surface area contributed by atoms with Crippen LogP contribution in [0.1, 0.15) is 38.8 Å². The number of carbonyl (C=O) groups excluding carboxylic acids is 2. The summed E-state index contributed by atoms with van der Waals surface area (Å²) in [6.45, 7) is 6.41. The van der Waals surface area contributed by atoms with Gasteiger partial charge in [0.25, 0.3) is 11.8 Å². The standard InChI is InChI=1S/C23H23N3O3/c1-4-29-20-8-6-19(7-9-20)25-22(27)17-12-18(14-24-13-17)23(28)26-21-10-5-15(2)11-16(21)3/h5-14H,4H2,1-3H3,(H,25,27)(H,26,28). The summed E-state index contributed by atoms with van der Waals surface area (Å²) in [4.78, 5) is 29.2. The zero-order valence-electron chi connectivity index (χ0n) is 16.7. The normalized spacial score (nSPS) is 10.3. The van der Waals surface area contributed by atoms with Gasteiger partial charge in [-0.25, -0.2) is 0 Å². The first kappa shape index (κ1) is 20.1. The number of aromatic nitrogens is 1. The molecule has 0 fully saturated rings. The average Bonchev–Trinajstić information content (AvgIpc) is 2.72. The Morgan fingerprint density at radius 3 is 2.17 bits per heavy atom. The van der Waals surface area contributed by atoms with Crippen molar-refractivity contribution in [3.8, 4) is 5.75 Å². The molecule has 3 rings (SSSR count). The predicted molar refractivity (Wildman–Crippen MR) is 114 cm³/mol. The van der Waals surface area contributed by atoms with Crippen molar-refractivity contribution >= 4 is 23.2 Å². The van der Waals surface area contributed by atoms with Crippen LogP contribution < -0.4 is 15.4 Å². The van der Waals surface area contributed by atoms with Gasteiger partial charge in [0.1, 0.15) is 5.75 Å². The lowest BCUT2D eigenvalue weighted by Crippen LogP contribution is -2.16. The van der Waals surface area contributed by atoms with E-state index >= 15 is 0 Å². The Bertz CT molecular complexity index is 1030. The fourth-order valence-corrected chi connectivity index (χ4v) is 2.84. The summed E-state index contributed by atoms with van der Waals surface area (Å²) < 4.78 is 5.39. The van der Waals surface area contributed by atoms with Crippen molar-refractivity contribution in [3.05, 3.63) is 83.2 Å². The number of rotatable bonds is 6. The largest absolute Gasteiger partial charge is 0.494 e. The second-order valence-electron chi connectivity index (χ2n) is 6.65. The Hall–Kier alpha value is -3.67. The van der Waals surface area contributed by atoms with E-state index < -0.39 is 0 Å². The van der Waals surface area contributed by atoms with Crippen LogP contribution in [0.15, 0.2) is 60.9 Å². The van der Waals surface area contributed by atoms with Crippen molar-refractivity contribution in [2.45, 2.75) is 20.8 Å². The summed E-state index contributed by atoms with van der Waals surface area (Å²) in [7, 11) is 0. The molecule has 0 unspecified atom stereocenters. The van der Waals surface area contributed by atoms with Crippen molar-refractivity contribution in [3.63, 3.8) is 0 Å². The van der Waals surface area contributed by atoms with E-state index in [1.807, 2.05) is 39.0 Å². The Morgan fingerprint density at radius 2 is 1.55 bits per heavy atom. The van der Waals surface area contributed by atoms with Gasteiger partial charge in [0.05, 0.1) is 17.7 Å². The van der Waals surface area contributed by atoms with Gasteiger partial charge in [-0.2, -0.15) is 0 Å². The van der Waals surface area contributed by atoms with E-state index in [-0.39, 0.29) is 11.8 Å². The Labute approximate surface area is 169 Å². The lowest BCUT2D eigenvalue weighted by molar-refractivity contribution is 0.102. The molecule has 0 aliphatic rings. The van der Waals surface area contributed by atoms with E-state index in [4.69, 9.17) is 4.74 Å². The highest BCUT2D eigenvalue weighted by Gasteiger charge is 2.13. The zero-order valence-corrected chi connectivity index (χ0v) is 16.7. The molecule has 1 heterocycles. The van der Waals surface area contributed by atoms with Crippen molar-refractivity contribution in [2.24, 2.45) is 0 Å². The molecule has 29 heavy (non-hydrogen) atoms. The van der Waals surface area contributed by atoms with E-state index in [0.717, 1.165) is 22.6 Å². The fraction of sp³-hybridized carbons (Fsp3) is 0.174. The molecule has 0 radical (unpaired) electrons. The number of hydrogen-bond acceptors (Lipinski definition) is 4. The molecule has 6 nitrogen and oxygen atoms in total. The Morgan fingerprint density at radius 1 is 0.897 bits per heavy atom. The SMILES string of the molecule is CCOc1ccc(NC(=O)c2cncc(C(=O)Nc3ccc(C)cc3C)c2)cc1. The van der Waals surface area contributed by atoms with Crippen LogP contribution in [0.25, 0.3) is 0 Å². The second kappa shape index (κ2) is 9.01. The van der Waals surface area contributed by atoms with Crippen molar-refractivity contribution in [1.82, 2.24) is 4.98 Å². The fourth-order valence-electron chi connectivity index (χ4n) is 2.84. The van der Waals surface area contributed by atoms with Crippen molar-refractivity contribution in [2.75, 3.05) is 17.2 Å². The summed E-state index contributed by atoms with van der Waals surface area (Å²) in [6, 6.07) is 14.4. The van der Waals surface area contributed by atoms with Gasteiger partial charge in [0.2, 0.25) is 0 Å².